The van der Waals surface area contributed by atoms with Gasteiger partial charge < -0.3 is 10.2 Å². The Morgan fingerprint density at radius 1 is 1.20 bits per heavy atom. The maximum atomic E-state index is 10.4. The highest BCUT2D eigenvalue weighted by Gasteiger charge is 2.03. The van der Waals surface area contributed by atoms with Gasteiger partial charge in [-0.2, -0.15) is 12.6 Å². The van der Waals surface area contributed by atoms with Crippen LogP contribution in [0, 0.1) is 0 Å². The summed E-state index contributed by atoms with van der Waals surface area (Å²) >= 11 is 7.37. The lowest BCUT2D eigenvalue weighted by molar-refractivity contribution is -0.133. The molecule has 0 heterocycles. The van der Waals surface area contributed by atoms with Gasteiger partial charge in [0.2, 0.25) is 0 Å². The summed E-state index contributed by atoms with van der Waals surface area (Å²) < 4.78 is 0. The molecule has 0 atom stereocenters. The Morgan fingerprint density at radius 3 is 1.93 bits per heavy atom. The van der Waals surface area contributed by atoms with Gasteiger partial charge in [-0.25, -0.2) is 4.79 Å². The third kappa shape index (κ3) is 6.03. The van der Waals surface area contributed by atoms with Crippen LogP contribution in [0.3, 0.4) is 0 Å². The number of thiol groups is 2. The number of rotatable bonds is 2. The Hall–Kier alpha value is -1.14. The van der Waals surface area contributed by atoms with E-state index in [1.807, 2.05) is 0 Å². The van der Waals surface area contributed by atoms with E-state index in [1.165, 1.54) is 6.07 Å². The molecule has 0 saturated heterocycles. The fraction of sp³-hybridized carbons (Fsp3) is 0.111. The van der Waals surface area contributed by atoms with Crippen LogP contribution >= 0.6 is 25.3 Å². The lowest BCUT2D eigenvalue weighted by Gasteiger charge is -1.95. The van der Waals surface area contributed by atoms with Gasteiger partial charge in [-0.1, -0.05) is 12.1 Å². The van der Waals surface area contributed by atoms with Crippen LogP contribution in [0.4, 0.5) is 0 Å². The van der Waals surface area contributed by atoms with Crippen LogP contribution in [0.1, 0.15) is 10.4 Å². The van der Waals surface area contributed by atoms with Gasteiger partial charge in [0.15, 0.2) is 0 Å². The minimum absolute atomic E-state index is 0.0833. The van der Waals surface area contributed by atoms with Crippen molar-refractivity contribution in [3.05, 3.63) is 29.8 Å². The van der Waals surface area contributed by atoms with E-state index in [0.717, 1.165) is 0 Å². The molecule has 15 heavy (non-hydrogen) atoms. The Kier molecular flexibility index (Phi) is 6.64. The van der Waals surface area contributed by atoms with Crippen LogP contribution in [0.25, 0.3) is 0 Å². The molecule has 2 N–H and O–H groups in total. The number of carbonyl (C=O) groups is 2. The van der Waals surface area contributed by atoms with E-state index in [0.29, 0.717) is 4.90 Å². The molecule has 0 amide bonds. The van der Waals surface area contributed by atoms with Crippen molar-refractivity contribution in [1.29, 1.82) is 0 Å². The number of benzene rings is 1. The molecule has 0 aromatic heterocycles. The Labute approximate surface area is 97.8 Å². The van der Waals surface area contributed by atoms with Gasteiger partial charge >= 0.3 is 11.9 Å². The number of aliphatic carboxylic acids is 1. The lowest BCUT2D eigenvalue weighted by atomic mass is 10.2. The standard InChI is InChI=1S/C7H6O2S.C2H4O2S/c8-7(9)5-3-1-2-4-6(5)10;3-2(4)1-5/h1-4,10H,(H,8,9);5H,1H2,(H,3,4). The van der Waals surface area contributed by atoms with Gasteiger partial charge in [0.05, 0.1) is 11.3 Å². The van der Waals surface area contributed by atoms with Crippen molar-refractivity contribution in [2.45, 2.75) is 4.90 Å². The highest BCUT2D eigenvalue weighted by Crippen LogP contribution is 2.11. The average Bonchev–Trinajstić information content (AvgIpc) is 2.19. The lowest BCUT2D eigenvalue weighted by Crippen LogP contribution is -1.96. The van der Waals surface area contributed by atoms with Crippen molar-refractivity contribution < 1.29 is 19.8 Å². The molecule has 6 heteroatoms. The maximum Gasteiger partial charge on any atom is 0.336 e. The first kappa shape index (κ1) is 13.9. The second-order valence-corrected chi connectivity index (χ2v) is 3.17. The van der Waals surface area contributed by atoms with E-state index in [4.69, 9.17) is 10.2 Å². The van der Waals surface area contributed by atoms with Crippen LogP contribution < -0.4 is 0 Å². The van der Waals surface area contributed by atoms with E-state index in [1.54, 1.807) is 18.2 Å². The summed E-state index contributed by atoms with van der Waals surface area (Å²) in [6.45, 7) is 0. The summed E-state index contributed by atoms with van der Waals surface area (Å²) in [4.78, 5) is 20.2. The van der Waals surface area contributed by atoms with Crippen LogP contribution in [0.2, 0.25) is 0 Å². The van der Waals surface area contributed by atoms with Gasteiger partial charge in [-0.3, -0.25) is 4.79 Å². The molecule has 82 valence electrons. The monoisotopic (exact) mass is 246 g/mol. The highest BCUT2D eigenvalue weighted by molar-refractivity contribution is 7.81. The highest BCUT2D eigenvalue weighted by atomic mass is 32.1. The van der Waals surface area contributed by atoms with Crippen molar-refractivity contribution in [1.82, 2.24) is 0 Å². The van der Waals surface area contributed by atoms with E-state index in [9.17, 15) is 9.59 Å². The zero-order valence-corrected chi connectivity index (χ0v) is 9.41. The summed E-state index contributed by atoms with van der Waals surface area (Å²) in [7, 11) is 0. The summed E-state index contributed by atoms with van der Waals surface area (Å²) in [6.07, 6.45) is 0. The fourth-order valence-electron chi connectivity index (χ4n) is 0.654. The van der Waals surface area contributed by atoms with Crippen LogP contribution in [-0.4, -0.2) is 27.9 Å². The van der Waals surface area contributed by atoms with E-state index in [2.05, 4.69) is 25.3 Å². The first-order chi connectivity index (χ1) is 6.99. The number of carboxylic acids is 2. The predicted octanol–water partition coefficient (Wildman–Crippen LogP) is 1.67. The number of hydrogen-bond acceptors (Lipinski definition) is 4. The summed E-state index contributed by atoms with van der Waals surface area (Å²) in [6, 6.07) is 6.58. The van der Waals surface area contributed by atoms with Gasteiger partial charge in [0, 0.05) is 4.90 Å². The van der Waals surface area contributed by atoms with Crippen LogP contribution in [0.5, 0.6) is 0 Å². The number of carboxylic acid groups (broad SMARTS) is 2. The molecule has 0 saturated carbocycles. The van der Waals surface area contributed by atoms with Crippen LogP contribution in [0.15, 0.2) is 29.2 Å². The molecule has 0 aliphatic heterocycles. The van der Waals surface area contributed by atoms with E-state index in [-0.39, 0.29) is 11.3 Å². The Balaban J connectivity index is 0.000000336. The molecule has 0 aliphatic rings. The molecule has 1 aromatic rings. The molecule has 0 aliphatic carbocycles. The molecule has 4 nitrogen and oxygen atoms in total. The zero-order valence-electron chi connectivity index (χ0n) is 7.62. The normalized spacial score (nSPS) is 8.67. The van der Waals surface area contributed by atoms with Crippen molar-refractivity contribution in [3.63, 3.8) is 0 Å². The molecule has 1 rings (SSSR count). The average molecular weight is 246 g/mol. The molecule has 1 aromatic carbocycles. The third-order valence-electron chi connectivity index (χ3n) is 1.27. The van der Waals surface area contributed by atoms with Gasteiger partial charge in [0.1, 0.15) is 0 Å². The largest absolute Gasteiger partial charge is 0.481 e. The smallest absolute Gasteiger partial charge is 0.336 e. The van der Waals surface area contributed by atoms with E-state index < -0.39 is 11.9 Å². The van der Waals surface area contributed by atoms with Crippen molar-refractivity contribution in [3.8, 4) is 0 Å². The zero-order chi connectivity index (χ0) is 11.8. The number of hydrogen-bond donors (Lipinski definition) is 4. The molecule has 0 spiro atoms. The minimum Gasteiger partial charge on any atom is -0.481 e. The van der Waals surface area contributed by atoms with Crippen molar-refractivity contribution in [2.24, 2.45) is 0 Å². The fourth-order valence-corrected chi connectivity index (χ4v) is 0.911. The van der Waals surface area contributed by atoms with Crippen molar-refractivity contribution >= 4 is 37.2 Å². The minimum atomic E-state index is -0.939. The molecule has 0 radical (unpaired) electrons. The second-order valence-electron chi connectivity index (χ2n) is 2.37. The summed E-state index contributed by atoms with van der Waals surface area (Å²) in [5, 5.41) is 16.2. The Bertz CT molecular complexity index is 352. The first-order valence-corrected chi connectivity index (χ1v) is 4.91. The molecule has 0 fully saturated rings. The van der Waals surface area contributed by atoms with Gasteiger partial charge in [-0.15, -0.1) is 12.6 Å². The molecule has 0 bridgehead atoms. The van der Waals surface area contributed by atoms with Gasteiger partial charge in [-0.05, 0) is 12.1 Å². The topological polar surface area (TPSA) is 74.6 Å². The molecule has 0 unspecified atom stereocenters. The van der Waals surface area contributed by atoms with Gasteiger partial charge in [0.25, 0.3) is 0 Å². The van der Waals surface area contributed by atoms with E-state index >= 15 is 0 Å². The third-order valence-corrected chi connectivity index (χ3v) is 1.93. The SMILES string of the molecule is O=C(O)CS.O=C(O)c1ccccc1S. The summed E-state index contributed by atoms with van der Waals surface area (Å²) in [5.41, 5.74) is 0.242. The van der Waals surface area contributed by atoms with Crippen LogP contribution in [-0.2, 0) is 4.79 Å². The predicted molar refractivity (Wildman–Crippen MR) is 62.1 cm³/mol. The number of aromatic carboxylic acids is 1. The maximum absolute atomic E-state index is 10.4. The van der Waals surface area contributed by atoms with Crippen molar-refractivity contribution in [2.75, 3.05) is 5.75 Å². The second kappa shape index (κ2) is 7.19. The Morgan fingerprint density at radius 2 is 1.67 bits per heavy atom. The summed E-state index contributed by atoms with van der Waals surface area (Å²) in [5.74, 6) is -1.90. The first-order valence-electron chi connectivity index (χ1n) is 3.83. The molecular weight excluding hydrogens is 236 g/mol. The molecular formula is C9H10O4S2. The quantitative estimate of drug-likeness (QED) is 0.599.